The predicted molar refractivity (Wildman–Crippen MR) is 158 cm³/mol. The number of thiophene rings is 1. The van der Waals surface area contributed by atoms with E-state index in [-0.39, 0.29) is 17.5 Å². The highest BCUT2D eigenvalue weighted by molar-refractivity contribution is 8.14. The molecule has 4 rings (SSSR count). The molecule has 2 aromatic rings. The van der Waals surface area contributed by atoms with Gasteiger partial charge in [0.05, 0.1) is 5.69 Å². The van der Waals surface area contributed by atoms with Crippen molar-refractivity contribution < 1.29 is 47.7 Å². The molecule has 14 heteroatoms. The average Bonchev–Trinajstić information content (AvgIpc) is 3.53. The van der Waals surface area contributed by atoms with Crippen LogP contribution >= 0.6 is 23.1 Å². The summed E-state index contributed by atoms with van der Waals surface area (Å²) in [4.78, 5) is 68.7. The molecule has 0 bridgehead atoms. The van der Waals surface area contributed by atoms with Gasteiger partial charge in [-0.15, -0.1) is 11.3 Å². The molecule has 1 amide bonds. The van der Waals surface area contributed by atoms with Gasteiger partial charge >= 0.3 is 23.9 Å². The summed E-state index contributed by atoms with van der Waals surface area (Å²) in [5, 5.41) is 2.07. The van der Waals surface area contributed by atoms with Crippen LogP contribution in [0.5, 0.6) is 0 Å². The van der Waals surface area contributed by atoms with Crippen molar-refractivity contribution in [3.8, 4) is 0 Å². The number of aryl methyl sites for hydroxylation is 1. The monoisotopic (exact) mass is 630 g/mol. The molecule has 1 saturated heterocycles. The normalized spacial score (nSPS) is 24.3. The van der Waals surface area contributed by atoms with Crippen LogP contribution in [0.25, 0.3) is 6.08 Å². The van der Waals surface area contributed by atoms with E-state index in [1.807, 2.05) is 36.6 Å². The Hall–Kier alpha value is -4.01. The Bertz CT molecular complexity index is 1450. The highest BCUT2D eigenvalue weighted by Gasteiger charge is 2.53. The predicted octanol–water partition coefficient (Wildman–Crippen LogP) is 3.62. The van der Waals surface area contributed by atoms with Gasteiger partial charge < -0.3 is 23.7 Å². The first-order valence-electron chi connectivity index (χ1n) is 13.1. The Kier molecular flexibility index (Phi) is 10.4. The molecule has 2 aliphatic heterocycles. The minimum absolute atomic E-state index is 0.164. The molecule has 0 aliphatic carbocycles. The highest BCUT2D eigenvalue weighted by Crippen LogP contribution is 2.39. The minimum Gasteiger partial charge on any atom is -0.463 e. The molecular weight excluding hydrogens is 600 g/mol. The van der Waals surface area contributed by atoms with Crippen molar-refractivity contribution in [3.05, 3.63) is 57.9 Å². The lowest BCUT2D eigenvalue weighted by Crippen LogP contribution is -2.61. The van der Waals surface area contributed by atoms with E-state index >= 15 is 0 Å². The number of hydrogen-bond donors (Lipinski definition) is 0. The first-order valence-corrected chi connectivity index (χ1v) is 14.9. The molecule has 1 aromatic carbocycles. The number of anilines is 1. The summed E-state index contributed by atoms with van der Waals surface area (Å²) >= 11 is 2.38. The molecule has 1 aromatic heterocycles. The lowest BCUT2D eigenvalue weighted by atomic mass is 9.99. The van der Waals surface area contributed by atoms with Gasteiger partial charge in [0.2, 0.25) is 0 Å². The van der Waals surface area contributed by atoms with Crippen LogP contribution in [-0.2, 0) is 47.7 Å². The smallest absolute Gasteiger partial charge is 0.303 e. The van der Waals surface area contributed by atoms with Gasteiger partial charge in [-0.2, -0.15) is 0 Å². The number of benzene rings is 1. The molecule has 0 spiro atoms. The van der Waals surface area contributed by atoms with Gasteiger partial charge in [-0.05, 0) is 42.1 Å². The molecule has 2 aliphatic rings. The zero-order valence-electron chi connectivity index (χ0n) is 24.0. The van der Waals surface area contributed by atoms with Gasteiger partial charge in [0, 0.05) is 32.6 Å². The quantitative estimate of drug-likeness (QED) is 0.239. The van der Waals surface area contributed by atoms with Crippen LogP contribution < -0.4 is 4.90 Å². The Balaban J connectivity index is 1.78. The number of esters is 4. The van der Waals surface area contributed by atoms with Gasteiger partial charge in [0.1, 0.15) is 18.4 Å². The number of aliphatic imine (C=N–C) groups is 1. The van der Waals surface area contributed by atoms with E-state index in [1.54, 1.807) is 18.2 Å². The topological polar surface area (TPSA) is 147 Å². The highest BCUT2D eigenvalue weighted by atomic mass is 32.2. The van der Waals surface area contributed by atoms with Crippen LogP contribution in [0.15, 0.2) is 52.5 Å². The van der Waals surface area contributed by atoms with Crippen molar-refractivity contribution in [1.29, 1.82) is 0 Å². The molecule has 12 nitrogen and oxygen atoms in total. The van der Waals surface area contributed by atoms with Gasteiger partial charge in [-0.1, -0.05) is 30.0 Å². The molecule has 228 valence electrons. The van der Waals surface area contributed by atoms with Crippen LogP contribution in [-0.4, -0.2) is 71.4 Å². The number of hydrogen-bond acceptors (Lipinski definition) is 13. The van der Waals surface area contributed by atoms with Crippen LogP contribution in [0.4, 0.5) is 5.69 Å². The Labute approximate surface area is 256 Å². The molecule has 1 fully saturated rings. The van der Waals surface area contributed by atoms with E-state index in [2.05, 4.69) is 4.99 Å². The summed E-state index contributed by atoms with van der Waals surface area (Å²) in [6.07, 6.45) is -3.42. The SMILES string of the molecule is CC(=O)OC[C@H]1O[C@@H](SC2=NC(=Cc3cccs3)C(=O)N2c2cccc(C)c2)[C@H](OC(C)=O)[C@@H](OC(C)=O)[C@@H]1OC(C)=O. The molecule has 0 unspecified atom stereocenters. The summed E-state index contributed by atoms with van der Waals surface area (Å²) in [6.45, 7) is 6.17. The summed E-state index contributed by atoms with van der Waals surface area (Å²) in [5.74, 6) is -3.22. The first kappa shape index (κ1) is 31.9. The fourth-order valence-corrected chi connectivity index (χ4v) is 6.31. The maximum atomic E-state index is 13.7. The summed E-state index contributed by atoms with van der Waals surface area (Å²) in [5.41, 5.74) is 0.451. The van der Waals surface area contributed by atoms with Crippen molar-refractivity contribution in [1.82, 2.24) is 0 Å². The third-order valence-corrected chi connectivity index (χ3v) is 8.00. The van der Waals surface area contributed by atoms with Crippen LogP contribution in [0.1, 0.15) is 38.1 Å². The number of nitrogens with zero attached hydrogens (tertiary/aromatic N) is 2. The second-order valence-electron chi connectivity index (χ2n) is 9.60. The number of rotatable bonds is 8. The van der Waals surface area contributed by atoms with E-state index in [1.165, 1.54) is 23.2 Å². The Morgan fingerprint density at radius 2 is 1.63 bits per heavy atom. The third-order valence-electron chi connectivity index (χ3n) is 6.08. The number of ether oxygens (including phenoxy) is 5. The van der Waals surface area contributed by atoms with Gasteiger partial charge in [-0.3, -0.25) is 28.9 Å². The number of carbonyl (C=O) groups is 5. The van der Waals surface area contributed by atoms with Crippen molar-refractivity contribution in [2.24, 2.45) is 4.99 Å². The molecule has 5 atom stereocenters. The Morgan fingerprint density at radius 3 is 2.23 bits per heavy atom. The maximum absolute atomic E-state index is 13.7. The molecule has 0 N–H and O–H groups in total. The standard InChI is InChI=1S/C29H30N2O10S2/c1-15-8-6-9-20(12-15)31-27(36)22(13-21-10-7-11-42-21)30-29(31)43-28-26(40-19(5)35)25(39-18(4)34)24(38-17(3)33)23(41-28)14-37-16(2)32/h6-13,23-26,28H,14H2,1-5H3/t23-,24-,25+,26-,28+/m1/s1. The van der Waals surface area contributed by atoms with Gasteiger partial charge in [-0.25, -0.2) is 4.99 Å². The molecule has 0 radical (unpaired) electrons. The fourth-order valence-electron chi connectivity index (χ4n) is 4.47. The molecular formula is C29H30N2O10S2. The average molecular weight is 631 g/mol. The van der Waals surface area contributed by atoms with Crippen molar-refractivity contribution >= 4 is 69.8 Å². The Morgan fingerprint density at radius 1 is 0.953 bits per heavy atom. The largest absolute Gasteiger partial charge is 0.463 e. The second-order valence-corrected chi connectivity index (χ2v) is 11.6. The van der Waals surface area contributed by atoms with E-state index in [9.17, 15) is 24.0 Å². The van der Waals surface area contributed by atoms with Gasteiger partial charge in [0.15, 0.2) is 28.9 Å². The van der Waals surface area contributed by atoms with E-state index in [0.29, 0.717) is 5.69 Å². The lowest BCUT2D eigenvalue weighted by molar-refractivity contribution is -0.237. The lowest BCUT2D eigenvalue weighted by Gasteiger charge is -2.44. The van der Waals surface area contributed by atoms with Crippen LogP contribution in [0.2, 0.25) is 0 Å². The number of thioether (sulfide) groups is 1. The molecule has 43 heavy (non-hydrogen) atoms. The third kappa shape index (κ3) is 8.09. The molecule has 0 saturated carbocycles. The molecule has 3 heterocycles. The van der Waals surface area contributed by atoms with Crippen molar-refractivity contribution in [3.63, 3.8) is 0 Å². The van der Waals surface area contributed by atoms with Crippen molar-refractivity contribution in [2.75, 3.05) is 11.5 Å². The van der Waals surface area contributed by atoms with Crippen LogP contribution in [0, 0.1) is 6.92 Å². The van der Waals surface area contributed by atoms with Crippen molar-refractivity contribution in [2.45, 2.75) is 64.5 Å². The summed E-state index contributed by atoms with van der Waals surface area (Å²) < 4.78 is 27.9. The zero-order valence-corrected chi connectivity index (χ0v) is 25.6. The van der Waals surface area contributed by atoms with Crippen LogP contribution in [0.3, 0.4) is 0 Å². The minimum atomic E-state index is -1.34. The number of amidine groups is 1. The number of carbonyl (C=O) groups excluding carboxylic acids is 5. The van der Waals surface area contributed by atoms with E-state index in [4.69, 9.17) is 23.7 Å². The summed E-state index contributed by atoms with van der Waals surface area (Å²) in [6, 6.07) is 11.0. The fraction of sp³-hybridized carbons (Fsp3) is 0.379. The maximum Gasteiger partial charge on any atom is 0.303 e. The van der Waals surface area contributed by atoms with E-state index < -0.39 is 59.6 Å². The van der Waals surface area contributed by atoms with Gasteiger partial charge in [0.25, 0.3) is 5.91 Å². The number of amides is 1. The second kappa shape index (κ2) is 14.0. The zero-order chi connectivity index (χ0) is 31.3. The summed E-state index contributed by atoms with van der Waals surface area (Å²) in [7, 11) is 0. The first-order chi connectivity index (χ1) is 20.4. The van der Waals surface area contributed by atoms with E-state index in [0.717, 1.165) is 43.0 Å².